The highest BCUT2D eigenvalue weighted by molar-refractivity contribution is 7.84. The zero-order chi connectivity index (χ0) is 15.2. The Hall–Kier alpha value is -2.05. The van der Waals surface area contributed by atoms with Gasteiger partial charge in [-0.3, -0.25) is 9.63 Å². The first-order chi connectivity index (χ1) is 10.1. The standard InChI is InChI=1S/C15H15N3OS2/c1-21(19)14-5-3-2-4-13(14)12-8-6-11(7-9-12)10-17-18-15(16)20/h2-10H,1H3,(H3,16,18,20). The monoisotopic (exact) mass is 317 g/mol. The van der Waals surface area contributed by atoms with E-state index in [9.17, 15) is 4.21 Å². The highest BCUT2D eigenvalue weighted by atomic mass is 32.2. The molecule has 0 aliphatic rings. The van der Waals surface area contributed by atoms with Crippen molar-refractivity contribution in [3.05, 3.63) is 54.1 Å². The van der Waals surface area contributed by atoms with E-state index < -0.39 is 10.8 Å². The smallest absolute Gasteiger partial charge is 0.184 e. The van der Waals surface area contributed by atoms with Gasteiger partial charge in [0.05, 0.1) is 17.0 Å². The van der Waals surface area contributed by atoms with E-state index in [1.165, 1.54) is 0 Å². The zero-order valence-corrected chi connectivity index (χ0v) is 13.1. The predicted octanol–water partition coefficient (Wildman–Crippen LogP) is 2.26. The molecule has 2 rings (SSSR count). The number of benzene rings is 2. The number of hydrazone groups is 1. The van der Waals surface area contributed by atoms with Crippen molar-refractivity contribution in [2.24, 2.45) is 10.8 Å². The van der Waals surface area contributed by atoms with E-state index in [1.807, 2.05) is 48.5 Å². The molecular formula is C15H15N3OS2. The summed E-state index contributed by atoms with van der Waals surface area (Å²) in [4.78, 5) is 0.828. The zero-order valence-electron chi connectivity index (χ0n) is 11.4. The number of thiocarbonyl (C=S) groups is 1. The first kappa shape index (κ1) is 15.3. The van der Waals surface area contributed by atoms with Gasteiger partial charge in [-0.05, 0) is 35.0 Å². The average molecular weight is 317 g/mol. The van der Waals surface area contributed by atoms with Crippen molar-refractivity contribution in [2.75, 3.05) is 6.26 Å². The lowest BCUT2D eigenvalue weighted by molar-refractivity contribution is 0.687. The number of hydrogen-bond donors (Lipinski definition) is 2. The summed E-state index contributed by atoms with van der Waals surface area (Å²) in [7, 11) is -1.02. The largest absolute Gasteiger partial charge is 0.375 e. The van der Waals surface area contributed by atoms with Gasteiger partial charge in [0, 0.05) is 11.2 Å². The number of rotatable bonds is 4. The van der Waals surface area contributed by atoms with E-state index >= 15 is 0 Å². The van der Waals surface area contributed by atoms with Crippen LogP contribution >= 0.6 is 12.2 Å². The molecule has 1 unspecified atom stereocenters. The Morgan fingerprint density at radius 2 is 1.90 bits per heavy atom. The molecule has 2 aromatic carbocycles. The number of nitrogens with two attached hydrogens (primary N) is 1. The van der Waals surface area contributed by atoms with Crippen LogP contribution in [0, 0.1) is 0 Å². The van der Waals surface area contributed by atoms with Crippen LogP contribution in [-0.2, 0) is 10.8 Å². The molecule has 0 heterocycles. The normalized spacial score (nSPS) is 12.2. The van der Waals surface area contributed by atoms with Crippen LogP contribution in [0.1, 0.15) is 5.56 Å². The van der Waals surface area contributed by atoms with Gasteiger partial charge in [-0.2, -0.15) is 5.10 Å². The van der Waals surface area contributed by atoms with Gasteiger partial charge in [-0.1, -0.05) is 42.5 Å². The SMILES string of the molecule is CS(=O)c1ccccc1-c1ccc(C=NNC(N)=S)cc1. The van der Waals surface area contributed by atoms with Crippen molar-refractivity contribution in [1.82, 2.24) is 5.43 Å². The molecular weight excluding hydrogens is 302 g/mol. The third kappa shape index (κ3) is 4.21. The fourth-order valence-corrected chi connectivity index (χ4v) is 2.69. The van der Waals surface area contributed by atoms with Crippen LogP contribution in [0.5, 0.6) is 0 Å². The highest BCUT2D eigenvalue weighted by Gasteiger charge is 2.07. The van der Waals surface area contributed by atoms with E-state index in [4.69, 9.17) is 5.73 Å². The second-order valence-corrected chi connectivity index (χ2v) is 6.09. The molecule has 0 bridgehead atoms. The lowest BCUT2D eigenvalue weighted by atomic mass is 10.0. The lowest BCUT2D eigenvalue weighted by Gasteiger charge is -2.07. The molecule has 1 atom stereocenters. The Morgan fingerprint density at radius 3 is 2.52 bits per heavy atom. The van der Waals surface area contributed by atoms with Gasteiger partial charge in [0.15, 0.2) is 5.11 Å². The van der Waals surface area contributed by atoms with Crippen molar-refractivity contribution < 1.29 is 4.21 Å². The van der Waals surface area contributed by atoms with Crippen LogP contribution in [0.4, 0.5) is 0 Å². The molecule has 0 spiro atoms. The first-order valence-corrected chi connectivity index (χ1v) is 8.16. The molecule has 6 heteroatoms. The van der Waals surface area contributed by atoms with Gasteiger partial charge >= 0.3 is 0 Å². The minimum atomic E-state index is -1.02. The fourth-order valence-electron chi connectivity index (χ4n) is 1.87. The van der Waals surface area contributed by atoms with Crippen molar-refractivity contribution in [1.29, 1.82) is 0 Å². The average Bonchev–Trinajstić information content (AvgIpc) is 2.47. The van der Waals surface area contributed by atoms with Crippen molar-refractivity contribution in [3.63, 3.8) is 0 Å². The molecule has 0 aliphatic heterocycles. The minimum absolute atomic E-state index is 0.127. The quantitative estimate of drug-likeness (QED) is 0.516. The van der Waals surface area contributed by atoms with Gasteiger partial charge in [-0.15, -0.1) is 0 Å². The molecule has 3 N–H and O–H groups in total. The third-order valence-corrected chi connectivity index (χ3v) is 3.87. The molecule has 2 aromatic rings. The molecule has 0 saturated carbocycles. The first-order valence-electron chi connectivity index (χ1n) is 6.19. The predicted molar refractivity (Wildman–Crippen MR) is 91.7 cm³/mol. The molecule has 108 valence electrons. The maximum absolute atomic E-state index is 11.8. The lowest BCUT2D eigenvalue weighted by Crippen LogP contribution is -2.23. The Bertz CT molecular complexity index is 696. The Kier molecular flexibility index (Phi) is 5.19. The van der Waals surface area contributed by atoms with Gasteiger partial charge in [-0.25, -0.2) is 0 Å². The van der Waals surface area contributed by atoms with E-state index in [1.54, 1.807) is 12.5 Å². The highest BCUT2D eigenvalue weighted by Crippen LogP contribution is 2.25. The Morgan fingerprint density at radius 1 is 1.24 bits per heavy atom. The second-order valence-electron chi connectivity index (χ2n) is 4.31. The summed E-state index contributed by atoms with van der Waals surface area (Å²) in [5.74, 6) is 0. The van der Waals surface area contributed by atoms with E-state index in [0.29, 0.717) is 0 Å². The number of hydrogen-bond acceptors (Lipinski definition) is 3. The van der Waals surface area contributed by atoms with Crippen molar-refractivity contribution in [2.45, 2.75) is 4.90 Å². The molecule has 0 aromatic heterocycles. The van der Waals surface area contributed by atoms with Crippen LogP contribution in [0.25, 0.3) is 11.1 Å². The summed E-state index contributed by atoms with van der Waals surface area (Å²) in [5.41, 5.74) is 10.7. The fraction of sp³-hybridized carbons (Fsp3) is 0.0667. The van der Waals surface area contributed by atoms with Crippen LogP contribution in [0.15, 0.2) is 58.5 Å². The van der Waals surface area contributed by atoms with Crippen LogP contribution in [-0.4, -0.2) is 21.8 Å². The van der Waals surface area contributed by atoms with Crippen LogP contribution in [0.2, 0.25) is 0 Å². The molecule has 0 amide bonds. The summed E-state index contributed by atoms with van der Waals surface area (Å²) in [6.45, 7) is 0. The Balaban J connectivity index is 2.25. The molecule has 0 fully saturated rings. The minimum Gasteiger partial charge on any atom is -0.375 e. The summed E-state index contributed by atoms with van der Waals surface area (Å²) >= 11 is 4.66. The molecule has 0 saturated heterocycles. The van der Waals surface area contributed by atoms with E-state index in [0.717, 1.165) is 21.6 Å². The van der Waals surface area contributed by atoms with Crippen LogP contribution < -0.4 is 11.2 Å². The third-order valence-electron chi connectivity index (χ3n) is 2.81. The molecule has 4 nitrogen and oxygen atoms in total. The van der Waals surface area contributed by atoms with E-state index in [-0.39, 0.29) is 5.11 Å². The molecule has 0 radical (unpaired) electrons. The summed E-state index contributed by atoms with van der Waals surface area (Å²) in [6, 6.07) is 15.5. The topological polar surface area (TPSA) is 67.5 Å². The summed E-state index contributed by atoms with van der Waals surface area (Å²) in [6.07, 6.45) is 3.31. The summed E-state index contributed by atoms with van der Waals surface area (Å²) in [5, 5.41) is 4.03. The summed E-state index contributed by atoms with van der Waals surface area (Å²) < 4.78 is 11.8. The van der Waals surface area contributed by atoms with E-state index in [2.05, 4.69) is 22.7 Å². The molecule has 21 heavy (non-hydrogen) atoms. The van der Waals surface area contributed by atoms with Gasteiger partial charge in [0.2, 0.25) is 0 Å². The van der Waals surface area contributed by atoms with Gasteiger partial charge < -0.3 is 5.73 Å². The number of nitrogens with one attached hydrogen (secondary N) is 1. The second kappa shape index (κ2) is 7.10. The maximum atomic E-state index is 11.8. The number of nitrogens with zero attached hydrogens (tertiary/aromatic N) is 1. The van der Waals surface area contributed by atoms with Crippen LogP contribution in [0.3, 0.4) is 0 Å². The van der Waals surface area contributed by atoms with Gasteiger partial charge in [0.25, 0.3) is 0 Å². The Labute approximate surface area is 131 Å². The van der Waals surface area contributed by atoms with Crippen molar-refractivity contribution >= 4 is 34.3 Å². The van der Waals surface area contributed by atoms with Crippen molar-refractivity contribution in [3.8, 4) is 11.1 Å². The van der Waals surface area contributed by atoms with Gasteiger partial charge in [0.1, 0.15) is 0 Å². The molecule has 0 aliphatic carbocycles. The maximum Gasteiger partial charge on any atom is 0.184 e.